The Labute approximate surface area is 183 Å². The van der Waals surface area contributed by atoms with E-state index in [-0.39, 0.29) is 22.9 Å². The summed E-state index contributed by atoms with van der Waals surface area (Å²) in [4.78, 5) is 43.6. The maximum absolute atomic E-state index is 13.4. The number of aromatic amines is 1. The highest BCUT2D eigenvalue weighted by atomic mass is 16.6. The van der Waals surface area contributed by atoms with E-state index in [2.05, 4.69) is 4.98 Å². The zero-order valence-electron chi connectivity index (χ0n) is 17.4. The van der Waals surface area contributed by atoms with Gasteiger partial charge in [0.15, 0.2) is 0 Å². The molecule has 2 aliphatic rings. The van der Waals surface area contributed by atoms with Crippen molar-refractivity contribution in [3.8, 4) is 5.75 Å². The first-order chi connectivity index (χ1) is 15.4. The Kier molecular flexibility index (Phi) is 4.61. The number of benzene rings is 2. The largest absolute Gasteiger partial charge is 0.508 e. The van der Waals surface area contributed by atoms with Gasteiger partial charge in [0, 0.05) is 47.3 Å². The molecule has 32 heavy (non-hydrogen) atoms. The van der Waals surface area contributed by atoms with E-state index >= 15 is 0 Å². The molecular weight excluding hydrogens is 412 g/mol. The molecule has 9 heteroatoms. The van der Waals surface area contributed by atoms with E-state index in [1.54, 1.807) is 0 Å². The number of fused-ring (bicyclic) bond motifs is 4. The van der Waals surface area contributed by atoms with E-state index in [1.165, 1.54) is 28.0 Å². The summed E-state index contributed by atoms with van der Waals surface area (Å²) in [5.74, 6) is -0.438. The number of hydrogen-bond acceptors (Lipinski definition) is 5. The van der Waals surface area contributed by atoms with Crippen LogP contribution in [0.1, 0.15) is 42.6 Å². The normalized spacial score (nSPS) is 20.0. The van der Waals surface area contributed by atoms with Crippen LogP contribution in [-0.4, -0.2) is 49.3 Å². The number of carbonyl (C=O) groups excluding carboxylic acids is 2. The molecule has 164 valence electrons. The third-order valence-electron chi connectivity index (χ3n) is 6.39. The van der Waals surface area contributed by atoms with Crippen molar-refractivity contribution in [2.75, 3.05) is 6.54 Å². The molecule has 2 aliphatic heterocycles. The summed E-state index contributed by atoms with van der Waals surface area (Å²) in [5.41, 5.74) is 2.41. The van der Waals surface area contributed by atoms with Crippen molar-refractivity contribution in [1.29, 1.82) is 0 Å². The summed E-state index contributed by atoms with van der Waals surface area (Å²) in [7, 11) is 0. The summed E-state index contributed by atoms with van der Waals surface area (Å²) in [5, 5.41) is 23.0. The highest BCUT2D eigenvalue weighted by molar-refractivity contribution is 6.05. The van der Waals surface area contributed by atoms with Gasteiger partial charge in [0.1, 0.15) is 17.8 Å². The highest BCUT2D eigenvalue weighted by Gasteiger charge is 2.52. The van der Waals surface area contributed by atoms with E-state index in [0.717, 1.165) is 22.9 Å². The van der Waals surface area contributed by atoms with E-state index in [9.17, 15) is 24.8 Å². The summed E-state index contributed by atoms with van der Waals surface area (Å²) in [6.07, 6.45) is 1.87. The second-order valence-electron chi connectivity index (χ2n) is 8.22. The SMILES string of the molecule is CCCCN1C(=O)[C@H]2Cc3c([nH]c4ccccc34)[C@H](c3cc([N+](=O)[O-])ccc3O)N2C1=O. The summed E-state index contributed by atoms with van der Waals surface area (Å²) in [6.45, 7) is 2.31. The van der Waals surface area contributed by atoms with Gasteiger partial charge in [0.05, 0.1) is 4.92 Å². The van der Waals surface area contributed by atoms with Crippen molar-refractivity contribution in [3.05, 3.63) is 69.4 Å². The molecule has 0 spiro atoms. The highest BCUT2D eigenvalue weighted by Crippen LogP contribution is 2.46. The lowest BCUT2D eigenvalue weighted by Gasteiger charge is -2.36. The van der Waals surface area contributed by atoms with Crippen LogP contribution in [0, 0.1) is 10.1 Å². The number of carbonyl (C=O) groups is 2. The van der Waals surface area contributed by atoms with Gasteiger partial charge >= 0.3 is 6.03 Å². The molecule has 0 radical (unpaired) electrons. The number of nitrogens with one attached hydrogen (secondary N) is 1. The fourth-order valence-corrected chi connectivity index (χ4v) is 4.85. The third-order valence-corrected chi connectivity index (χ3v) is 6.39. The molecule has 0 saturated carbocycles. The molecule has 1 aromatic heterocycles. The van der Waals surface area contributed by atoms with Crippen LogP contribution in [0.15, 0.2) is 42.5 Å². The molecule has 5 rings (SSSR count). The van der Waals surface area contributed by atoms with Crippen LogP contribution in [0.5, 0.6) is 5.75 Å². The number of H-pyrrole nitrogens is 1. The Morgan fingerprint density at radius 3 is 2.75 bits per heavy atom. The Morgan fingerprint density at radius 1 is 1.22 bits per heavy atom. The molecule has 3 heterocycles. The van der Waals surface area contributed by atoms with E-state index < -0.39 is 23.0 Å². The van der Waals surface area contributed by atoms with Crippen molar-refractivity contribution in [3.63, 3.8) is 0 Å². The van der Waals surface area contributed by atoms with Gasteiger partial charge in [-0.3, -0.25) is 24.7 Å². The fourth-order valence-electron chi connectivity index (χ4n) is 4.85. The number of amides is 3. The average Bonchev–Trinajstić information content (AvgIpc) is 3.26. The Morgan fingerprint density at radius 2 is 2.00 bits per heavy atom. The lowest BCUT2D eigenvalue weighted by Crippen LogP contribution is -2.44. The van der Waals surface area contributed by atoms with Gasteiger partial charge in [-0.05, 0) is 24.1 Å². The molecule has 0 bridgehead atoms. The first-order valence-electron chi connectivity index (χ1n) is 10.6. The summed E-state index contributed by atoms with van der Waals surface area (Å²) in [6, 6.07) is 9.38. The number of para-hydroxylation sites is 1. The minimum absolute atomic E-state index is 0.168. The number of nitro benzene ring substituents is 1. The molecule has 2 N–H and O–H groups in total. The number of aromatic nitrogens is 1. The molecule has 3 aromatic rings. The maximum Gasteiger partial charge on any atom is 0.328 e. The first-order valence-corrected chi connectivity index (χ1v) is 10.6. The molecule has 2 atom stereocenters. The topological polar surface area (TPSA) is 120 Å². The fraction of sp³-hybridized carbons (Fsp3) is 0.304. The van der Waals surface area contributed by atoms with Gasteiger partial charge in [0.25, 0.3) is 11.6 Å². The van der Waals surface area contributed by atoms with Crippen molar-refractivity contribution >= 4 is 28.5 Å². The molecule has 1 saturated heterocycles. The molecule has 3 amide bonds. The van der Waals surface area contributed by atoms with Gasteiger partial charge in [-0.1, -0.05) is 31.5 Å². The molecule has 9 nitrogen and oxygen atoms in total. The van der Waals surface area contributed by atoms with Crippen LogP contribution in [0.4, 0.5) is 10.5 Å². The van der Waals surface area contributed by atoms with E-state index in [1.807, 2.05) is 31.2 Å². The number of hydrogen-bond donors (Lipinski definition) is 2. The second-order valence-corrected chi connectivity index (χ2v) is 8.22. The number of aromatic hydroxyl groups is 1. The van der Waals surface area contributed by atoms with Crippen LogP contribution in [0.2, 0.25) is 0 Å². The monoisotopic (exact) mass is 434 g/mol. The number of phenols is 1. The van der Waals surface area contributed by atoms with E-state index in [4.69, 9.17) is 0 Å². The van der Waals surface area contributed by atoms with Crippen LogP contribution in [-0.2, 0) is 11.2 Å². The van der Waals surface area contributed by atoms with Gasteiger partial charge in [-0.25, -0.2) is 4.79 Å². The van der Waals surface area contributed by atoms with Gasteiger partial charge in [0.2, 0.25) is 0 Å². The number of unbranched alkanes of at least 4 members (excludes halogenated alkanes) is 1. The van der Waals surface area contributed by atoms with Crippen molar-refractivity contribution in [2.24, 2.45) is 0 Å². The minimum atomic E-state index is -0.848. The number of phenolic OH excluding ortho intramolecular Hbond substituents is 1. The zero-order valence-corrected chi connectivity index (χ0v) is 17.4. The van der Waals surface area contributed by atoms with E-state index in [0.29, 0.717) is 25.1 Å². The van der Waals surface area contributed by atoms with Crippen LogP contribution in [0.25, 0.3) is 10.9 Å². The molecule has 0 aliphatic carbocycles. The Hall–Kier alpha value is -3.88. The second kappa shape index (κ2) is 7.37. The van der Waals surface area contributed by atoms with Gasteiger partial charge in [-0.2, -0.15) is 0 Å². The first kappa shape index (κ1) is 20.0. The third kappa shape index (κ3) is 2.84. The smallest absolute Gasteiger partial charge is 0.328 e. The molecule has 2 aromatic carbocycles. The predicted octanol–water partition coefficient (Wildman–Crippen LogP) is 3.86. The predicted molar refractivity (Wildman–Crippen MR) is 116 cm³/mol. The minimum Gasteiger partial charge on any atom is -0.508 e. The van der Waals surface area contributed by atoms with Gasteiger partial charge in [-0.15, -0.1) is 0 Å². The summed E-state index contributed by atoms with van der Waals surface area (Å²) < 4.78 is 0. The van der Waals surface area contributed by atoms with Crippen molar-refractivity contribution in [2.45, 2.75) is 38.3 Å². The quantitative estimate of drug-likeness (QED) is 0.359. The molecule has 1 fully saturated rings. The number of nitrogens with zero attached hydrogens (tertiary/aromatic N) is 3. The van der Waals surface area contributed by atoms with Gasteiger partial charge < -0.3 is 10.1 Å². The van der Waals surface area contributed by atoms with Crippen molar-refractivity contribution < 1.29 is 19.6 Å². The Bertz CT molecular complexity index is 1270. The zero-order chi connectivity index (χ0) is 22.6. The number of urea groups is 1. The lowest BCUT2D eigenvalue weighted by atomic mass is 9.88. The summed E-state index contributed by atoms with van der Waals surface area (Å²) >= 11 is 0. The Balaban J connectivity index is 1.73. The molecular formula is C23H22N4O5. The number of non-ortho nitro benzene ring substituents is 1. The average molecular weight is 434 g/mol. The van der Waals surface area contributed by atoms with Crippen LogP contribution < -0.4 is 0 Å². The van der Waals surface area contributed by atoms with Crippen LogP contribution in [0.3, 0.4) is 0 Å². The molecule has 0 unspecified atom stereocenters. The van der Waals surface area contributed by atoms with Crippen LogP contribution >= 0.6 is 0 Å². The standard InChI is InChI=1S/C23H22N4O5/c1-2-3-10-25-22(29)18-12-15-14-6-4-5-7-17(14)24-20(15)21(26(18)23(25)30)16-11-13(27(31)32)8-9-19(16)28/h4-9,11,18,21,24,28H,2-3,10,12H2,1H3/t18-,21+/m1/s1. The maximum atomic E-state index is 13.4. The van der Waals surface area contributed by atoms with Crippen molar-refractivity contribution in [1.82, 2.24) is 14.8 Å². The number of imide groups is 1. The lowest BCUT2D eigenvalue weighted by molar-refractivity contribution is -0.385. The number of nitro groups is 1. The number of rotatable bonds is 5.